The van der Waals surface area contributed by atoms with Gasteiger partial charge in [0.2, 0.25) is 0 Å². The van der Waals surface area contributed by atoms with Crippen molar-refractivity contribution in [3.63, 3.8) is 0 Å². The average Bonchev–Trinajstić information content (AvgIpc) is 2.71. The highest BCUT2D eigenvalue weighted by Gasteiger charge is 2.25. The maximum Gasteiger partial charge on any atom is 0.148 e. The van der Waals surface area contributed by atoms with Crippen LogP contribution in [0, 0.1) is 11.6 Å². The van der Waals surface area contributed by atoms with E-state index < -0.39 is 11.6 Å². The second-order valence-corrected chi connectivity index (χ2v) is 5.53. The number of hydrazone groups is 1. The van der Waals surface area contributed by atoms with Gasteiger partial charge in [0.25, 0.3) is 0 Å². The Morgan fingerprint density at radius 3 is 2.43 bits per heavy atom. The summed E-state index contributed by atoms with van der Waals surface area (Å²) in [5, 5.41) is 6.88. The molecule has 4 nitrogen and oxygen atoms in total. The number of rotatable bonds is 1. The lowest BCUT2D eigenvalue weighted by molar-refractivity contribution is 0.579. The molecule has 0 saturated heterocycles. The fourth-order valence-electron chi connectivity index (χ4n) is 2.32. The Morgan fingerprint density at radius 2 is 1.78 bits per heavy atom. The quantitative estimate of drug-likeness (QED) is 0.604. The molecule has 0 aliphatic carbocycles. The van der Waals surface area contributed by atoms with E-state index in [1.165, 1.54) is 6.07 Å². The number of nitrogens with two attached hydrogens (primary N) is 1. The largest absolute Gasteiger partial charge is 0.340 e. The zero-order valence-electron chi connectivity index (χ0n) is 11.6. The molecular weight excluding hydrogens is 345 g/mol. The van der Waals surface area contributed by atoms with Gasteiger partial charge in [0.15, 0.2) is 0 Å². The van der Waals surface area contributed by atoms with Crippen LogP contribution in [0.25, 0.3) is 0 Å². The third-order valence-corrected chi connectivity index (χ3v) is 4.16. The highest BCUT2D eigenvalue weighted by atomic mass is 35.5. The standard InChI is InChI=1S/C15H10Cl2F2N4/c16-7-4-5-10-13(14(7)17)15(21-6-11(22-10)23-20)12-8(18)2-1-3-9(12)19/h1-5H,6,20H2,(H,22,23). The smallest absolute Gasteiger partial charge is 0.148 e. The van der Waals surface area contributed by atoms with E-state index in [9.17, 15) is 8.78 Å². The van der Waals surface area contributed by atoms with Crippen molar-refractivity contribution in [3.05, 3.63) is 63.1 Å². The van der Waals surface area contributed by atoms with Crippen LogP contribution in [0.3, 0.4) is 0 Å². The molecule has 1 heterocycles. The van der Waals surface area contributed by atoms with Crippen molar-refractivity contribution >= 4 is 40.4 Å². The maximum atomic E-state index is 14.2. The number of halogens is 4. The van der Waals surface area contributed by atoms with E-state index in [4.69, 9.17) is 29.0 Å². The molecule has 0 aromatic heterocycles. The minimum Gasteiger partial charge on any atom is -0.340 e. The van der Waals surface area contributed by atoms with Crippen LogP contribution < -0.4 is 11.2 Å². The first-order valence-corrected chi connectivity index (χ1v) is 7.29. The SMILES string of the molecule is NN=C1CN=C(c2c(F)cccc2F)c2c(ccc(Cl)c2Cl)N1. The number of benzene rings is 2. The Hall–Kier alpha value is -2.18. The molecule has 23 heavy (non-hydrogen) atoms. The van der Waals surface area contributed by atoms with Crippen LogP contribution in [0.2, 0.25) is 10.0 Å². The van der Waals surface area contributed by atoms with E-state index in [1.807, 2.05) is 0 Å². The molecule has 0 bridgehead atoms. The Balaban J connectivity index is 2.33. The molecule has 1 aliphatic rings. The number of amidine groups is 1. The van der Waals surface area contributed by atoms with Gasteiger partial charge in [-0.15, -0.1) is 0 Å². The van der Waals surface area contributed by atoms with Crippen LogP contribution >= 0.6 is 23.2 Å². The van der Waals surface area contributed by atoms with E-state index in [-0.39, 0.29) is 27.9 Å². The molecule has 118 valence electrons. The molecule has 0 radical (unpaired) electrons. The summed E-state index contributed by atoms with van der Waals surface area (Å²) in [5.74, 6) is 4.12. The molecule has 1 aliphatic heterocycles. The minimum absolute atomic E-state index is 0.0161. The van der Waals surface area contributed by atoms with Crippen LogP contribution in [0.15, 0.2) is 40.4 Å². The van der Waals surface area contributed by atoms with Crippen molar-refractivity contribution in [2.75, 3.05) is 11.9 Å². The van der Waals surface area contributed by atoms with E-state index in [0.717, 1.165) is 12.1 Å². The minimum atomic E-state index is -0.751. The predicted octanol–water partition coefficient (Wildman–Crippen LogP) is 3.81. The predicted molar refractivity (Wildman–Crippen MR) is 88.6 cm³/mol. The Labute approximate surface area is 140 Å². The average molecular weight is 355 g/mol. The maximum absolute atomic E-state index is 14.2. The number of hydrogen-bond donors (Lipinski definition) is 2. The fraction of sp³-hybridized carbons (Fsp3) is 0.0667. The lowest BCUT2D eigenvalue weighted by atomic mass is 9.99. The summed E-state index contributed by atoms with van der Waals surface area (Å²) in [6, 6.07) is 6.75. The number of anilines is 1. The van der Waals surface area contributed by atoms with Gasteiger partial charge in [0.05, 0.1) is 33.6 Å². The van der Waals surface area contributed by atoms with Crippen LogP contribution in [0.1, 0.15) is 11.1 Å². The highest BCUT2D eigenvalue weighted by Crippen LogP contribution is 2.35. The second-order valence-electron chi connectivity index (χ2n) is 4.75. The molecule has 3 rings (SSSR count). The monoisotopic (exact) mass is 354 g/mol. The fourth-order valence-corrected chi connectivity index (χ4v) is 2.73. The first-order chi connectivity index (χ1) is 11.0. The molecule has 8 heteroatoms. The lowest BCUT2D eigenvalue weighted by Gasteiger charge is -2.14. The first-order valence-electron chi connectivity index (χ1n) is 6.54. The molecule has 3 N–H and O–H groups in total. The van der Waals surface area contributed by atoms with Crippen molar-refractivity contribution in [2.45, 2.75) is 0 Å². The zero-order chi connectivity index (χ0) is 16.6. The lowest BCUT2D eigenvalue weighted by Crippen LogP contribution is -2.16. The van der Waals surface area contributed by atoms with Crippen molar-refractivity contribution in [1.82, 2.24) is 0 Å². The van der Waals surface area contributed by atoms with Crippen molar-refractivity contribution < 1.29 is 8.78 Å². The first kappa shape index (κ1) is 15.7. The van der Waals surface area contributed by atoms with Gasteiger partial charge in [0, 0.05) is 5.56 Å². The Kier molecular flexibility index (Phi) is 4.19. The molecule has 2 aromatic carbocycles. The molecule has 0 amide bonds. The summed E-state index contributed by atoms with van der Waals surface area (Å²) in [6.07, 6.45) is 0. The van der Waals surface area contributed by atoms with Gasteiger partial charge in [-0.2, -0.15) is 5.10 Å². The molecule has 0 fully saturated rings. The number of aliphatic imine (C=N–C) groups is 1. The third-order valence-electron chi connectivity index (χ3n) is 3.35. The second kappa shape index (κ2) is 6.14. The summed E-state index contributed by atoms with van der Waals surface area (Å²) < 4.78 is 28.4. The van der Waals surface area contributed by atoms with Gasteiger partial charge in [-0.3, -0.25) is 4.99 Å². The van der Waals surface area contributed by atoms with Crippen molar-refractivity contribution in [1.29, 1.82) is 0 Å². The number of hydrogen-bond acceptors (Lipinski definition) is 3. The molecule has 2 aromatic rings. The summed E-state index contributed by atoms with van der Waals surface area (Å²) in [4.78, 5) is 4.23. The zero-order valence-corrected chi connectivity index (χ0v) is 13.1. The van der Waals surface area contributed by atoms with Crippen molar-refractivity contribution in [2.24, 2.45) is 15.9 Å². The van der Waals surface area contributed by atoms with Gasteiger partial charge >= 0.3 is 0 Å². The number of nitrogens with one attached hydrogen (secondary N) is 1. The molecular formula is C15H10Cl2F2N4. The topological polar surface area (TPSA) is 62.8 Å². The van der Waals surface area contributed by atoms with Gasteiger partial charge in [-0.25, -0.2) is 8.78 Å². The van der Waals surface area contributed by atoms with Crippen LogP contribution in [-0.2, 0) is 0 Å². The Bertz CT molecular complexity index is 829. The third kappa shape index (κ3) is 2.75. The summed E-state index contributed by atoms with van der Waals surface area (Å²) in [7, 11) is 0. The normalized spacial score (nSPS) is 15.7. The van der Waals surface area contributed by atoms with Crippen LogP contribution in [-0.4, -0.2) is 18.1 Å². The summed E-state index contributed by atoms with van der Waals surface area (Å²) >= 11 is 12.3. The van der Waals surface area contributed by atoms with E-state index in [1.54, 1.807) is 12.1 Å². The molecule has 0 saturated carbocycles. The highest BCUT2D eigenvalue weighted by molar-refractivity contribution is 6.45. The van der Waals surface area contributed by atoms with Crippen LogP contribution in [0.4, 0.5) is 14.5 Å². The van der Waals surface area contributed by atoms with E-state index >= 15 is 0 Å². The Morgan fingerprint density at radius 1 is 1.09 bits per heavy atom. The van der Waals surface area contributed by atoms with Gasteiger partial charge in [-0.1, -0.05) is 29.3 Å². The van der Waals surface area contributed by atoms with E-state index in [2.05, 4.69) is 15.4 Å². The van der Waals surface area contributed by atoms with Gasteiger partial charge in [-0.05, 0) is 24.3 Å². The molecule has 0 spiro atoms. The van der Waals surface area contributed by atoms with Gasteiger partial charge in [0.1, 0.15) is 17.5 Å². The van der Waals surface area contributed by atoms with Crippen LogP contribution in [0.5, 0.6) is 0 Å². The number of fused-ring (bicyclic) bond motifs is 1. The molecule has 0 atom stereocenters. The summed E-state index contributed by atoms with van der Waals surface area (Å²) in [5.41, 5.74) is 0.525. The molecule has 0 unspecified atom stereocenters. The number of nitrogens with zero attached hydrogens (tertiary/aromatic N) is 2. The van der Waals surface area contributed by atoms with Crippen molar-refractivity contribution in [3.8, 4) is 0 Å². The van der Waals surface area contributed by atoms with E-state index in [0.29, 0.717) is 17.1 Å². The van der Waals surface area contributed by atoms with Gasteiger partial charge < -0.3 is 11.2 Å². The summed E-state index contributed by atoms with van der Waals surface area (Å²) in [6.45, 7) is 0.0161. The number of benzodiazepines with no additional fused rings is 1.